The van der Waals surface area contributed by atoms with Gasteiger partial charge in [0.25, 0.3) is 0 Å². The number of anilines is 1. The average Bonchev–Trinajstić information content (AvgIpc) is 2.61. The van der Waals surface area contributed by atoms with Gasteiger partial charge in [-0.3, -0.25) is 0 Å². The topological polar surface area (TPSA) is 21.3 Å². The molecule has 0 amide bonds. The predicted molar refractivity (Wildman–Crippen MR) is 76.2 cm³/mol. The number of nitrogens with one attached hydrogen (secondary N) is 1. The second-order valence-corrected chi connectivity index (χ2v) is 6.07. The monoisotopic (exact) mass is 335 g/mol. The van der Waals surface area contributed by atoms with Crippen molar-refractivity contribution in [2.24, 2.45) is 0 Å². The Morgan fingerprint density at radius 1 is 1.25 bits per heavy atom. The lowest BCUT2D eigenvalue weighted by molar-refractivity contribution is -0.137. The lowest BCUT2D eigenvalue weighted by atomic mass is 10.1. The molecule has 8 heteroatoms. The van der Waals surface area contributed by atoms with E-state index in [1.54, 1.807) is 6.07 Å². The first-order valence-electron chi connectivity index (χ1n) is 5.34. The van der Waals surface area contributed by atoms with Crippen LogP contribution in [0.25, 0.3) is 0 Å². The number of thiocarbonyl (C=S) groups is 1. The highest BCUT2D eigenvalue weighted by Crippen LogP contribution is 2.45. The van der Waals surface area contributed by atoms with E-state index in [-0.39, 0.29) is 5.75 Å². The third-order valence-corrected chi connectivity index (χ3v) is 4.14. The van der Waals surface area contributed by atoms with Gasteiger partial charge in [0, 0.05) is 0 Å². The molecule has 0 radical (unpaired) electrons. The van der Waals surface area contributed by atoms with Gasteiger partial charge in [-0.2, -0.15) is 13.2 Å². The summed E-state index contributed by atoms with van der Waals surface area (Å²) in [6, 6.07) is 4.82. The number of thiophene rings is 1. The molecular formula is C12H5ClF3NOS2. The molecule has 0 bridgehead atoms. The lowest BCUT2D eigenvalue weighted by Crippen LogP contribution is -2.10. The summed E-state index contributed by atoms with van der Waals surface area (Å²) in [6.07, 6.45) is -4.43. The second-order valence-electron chi connectivity index (χ2n) is 4.02. The standard InChI is InChI=1S/C12H5ClF3NOS2/c13-9-4-7-11(20-9)18-8-3-5(12(14,15)16)1-2-6(8)10(19)17-7/h1-4H,(H,17,19). The molecule has 0 spiro atoms. The smallest absolute Gasteiger partial charge is 0.416 e. The van der Waals surface area contributed by atoms with Crippen LogP contribution >= 0.6 is 35.2 Å². The Kier molecular flexibility index (Phi) is 3.15. The van der Waals surface area contributed by atoms with Crippen LogP contribution < -0.4 is 10.1 Å². The van der Waals surface area contributed by atoms with Gasteiger partial charge in [-0.25, -0.2) is 0 Å². The fourth-order valence-corrected chi connectivity index (χ4v) is 3.07. The highest BCUT2D eigenvalue weighted by molar-refractivity contribution is 7.81. The molecule has 0 fully saturated rings. The van der Waals surface area contributed by atoms with Crippen LogP contribution in [0.2, 0.25) is 4.34 Å². The van der Waals surface area contributed by atoms with Crippen molar-refractivity contribution >= 4 is 45.8 Å². The van der Waals surface area contributed by atoms with Crippen LogP contribution in [0.5, 0.6) is 10.8 Å². The zero-order chi connectivity index (χ0) is 14.5. The Bertz CT molecular complexity index is 711. The molecule has 1 aromatic carbocycles. The van der Waals surface area contributed by atoms with Gasteiger partial charge in [-0.05, 0) is 24.3 Å². The summed E-state index contributed by atoms with van der Waals surface area (Å²) in [6.45, 7) is 0. The van der Waals surface area contributed by atoms with Gasteiger partial charge in [0.15, 0.2) is 0 Å². The molecular weight excluding hydrogens is 331 g/mol. The van der Waals surface area contributed by atoms with E-state index in [9.17, 15) is 13.2 Å². The Labute approximate surface area is 126 Å². The number of halogens is 4. The first-order chi connectivity index (χ1) is 9.34. The summed E-state index contributed by atoms with van der Waals surface area (Å²) in [4.78, 5) is 0.293. The molecule has 104 valence electrons. The minimum absolute atomic E-state index is 0.0644. The van der Waals surface area contributed by atoms with Crippen LogP contribution in [0.15, 0.2) is 24.3 Å². The molecule has 0 unspecified atom stereocenters. The molecule has 0 saturated heterocycles. The number of hydrogen-bond donors (Lipinski definition) is 1. The largest absolute Gasteiger partial charge is 0.444 e. The third kappa shape index (κ3) is 2.36. The normalized spacial score (nSPS) is 13.9. The molecule has 0 atom stereocenters. The SMILES string of the molecule is FC(F)(F)c1ccc2c(c1)Oc1sc(Cl)cc1NC2=S. The van der Waals surface area contributed by atoms with Gasteiger partial charge in [0.2, 0.25) is 5.06 Å². The van der Waals surface area contributed by atoms with E-state index in [1.165, 1.54) is 6.07 Å². The Morgan fingerprint density at radius 2 is 2.00 bits per heavy atom. The van der Waals surface area contributed by atoms with Crippen LogP contribution in [0.4, 0.5) is 18.9 Å². The van der Waals surface area contributed by atoms with E-state index in [0.717, 1.165) is 23.5 Å². The molecule has 1 aliphatic heterocycles. The Morgan fingerprint density at radius 3 is 2.70 bits per heavy atom. The highest BCUT2D eigenvalue weighted by Gasteiger charge is 2.32. The van der Waals surface area contributed by atoms with Crippen LogP contribution in [0.3, 0.4) is 0 Å². The maximum absolute atomic E-state index is 12.7. The number of benzene rings is 1. The summed E-state index contributed by atoms with van der Waals surface area (Å²) in [7, 11) is 0. The van der Waals surface area contributed by atoms with Gasteiger partial charge in [-0.1, -0.05) is 35.2 Å². The molecule has 3 rings (SSSR count). The first-order valence-corrected chi connectivity index (χ1v) is 6.94. The maximum atomic E-state index is 12.7. The van der Waals surface area contributed by atoms with E-state index in [4.69, 9.17) is 28.6 Å². The molecule has 1 N–H and O–H groups in total. The van der Waals surface area contributed by atoms with Gasteiger partial charge < -0.3 is 10.1 Å². The van der Waals surface area contributed by atoms with E-state index in [1.807, 2.05) is 0 Å². The quantitative estimate of drug-likeness (QED) is 0.659. The van der Waals surface area contributed by atoms with Gasteiger partial charge in [-0.15, -0.1) is 0 Å². The van der Waals surface area contributed by atoms with Crippen molar-refractivity contribution in [3.05, 3.63) is 39.7 Å². The minimum atomic E-state index is -4.43. The van der Waals surface area contributed by atoms with Gasteiger partial charge >= 0.3 is 6.18 Å². The molecule has 20 heavy (non-hydrogen) atoms. The highest BCUT2D eigenvalue weighted by atomic mass is 35.5. The fourth-order valence-electron chi connectivity index (χ4n) is 1.77. The van der Waals surface area contributed by atoms with Crippen molar-refractivity contribution in [3.63, 3.8) is 0 Å². The van der Waals surface area contributed by atoms with Crippen molar-refractivity contribution in [1.29, 1.82) is 0 Å². The number of ether oxygens (including phenoxy) is 1. The molecule has 0 aliphatic carbocycles. The predicted octanol–water partition coefficient (Wildman–Crippen LogP) is 5.31. The van der Waals surface area contributed by atoms with Crippen LogP contribution in [0.1, 0.15) is 11.1 Å². The van der Waals surface area contributed by atoms with Crippen molar-refractivity contribution in [2.45, 2.75) is 6.18 Å². The molecule has 1 aromatic heterocycles. The molecule has 2 heterocycles. The summed E-state index contributed by atoms with van der Waals surface area (Å²) in [5, 5.41) is 3.29. The van der Waals surface area contributed by atoms with Crippen LogP contribution in [-0.2, 0) is 6.18 Å². The summed E-state index contributed by atoms with van der Waals surface area (Å²) < 4.78 is 44.2. The lowest BCUT2D eigenvalue weighted by Gasteiger charge is -2.11. The van der Waals surface area contributed by atoms with Crippen LogP contribution in [0, 0.1) is 0 Å². The summed E-state index contributed by atoms with van der Waals surface area (Å²) >= 11 is 12.1. The van der Waals surface area contributed by atoms with Gasteiger partial charge in [0.1, 0.15) is 10.7 Å². The van der Waals surface area contributed by atoms with Crippen molar-refractivity contribution in [3.8, 4) is 10.8 Å². The third-order valence-electron chi connectivity index (χ3n) is 2.67. The maximum Gasteiger partial charge on any atom is 0.416 e. The molecule has 1 aliphatic rings. The summed E-state index contributed by atoms with van der Waals surface area (Å²) in [5.41, 5.74) is 0.174. The van der Waals surface area contributed by atoms with Crippen molar-refractivity contribution in [2.75, 3.05) is 5.32 Å². The first kappa shape index (κ1) is 13.7. The Hall–Kier alpha value is -1.31. The van der Waals surface area contributed by atoms with Crippen LogP contribution in [-0.4, -0.2) is 4.99 Å². The number of fused-ring (bicyclic) bond motifs is 2. The molecule has 2 nitrogen and oxygen atoms in total. The Balaban J connectivity index is 2.12. The minimum Gasteiger partial charge on any atom is -0.444 e. The number of alkyl halides is 3. The van der Waals surface area contributed by atoms with E-state index < -0.39 is 11.7 Å². The van der Waals surface area contributed by atoms with Crippen molar-refractivity contribution < 1.29 is 17.9 Å². The average molecular weight is 336 g/mol. The second kappa shape index (κ2) is 4.61. The van der Waals surface area contributed by atoms with E-state index in [0.29, 0.717) is 25.6 Å². The van der Waals surface area contributed by atoms with Gasteiger partial charge in [0.05, 0.1) is 21.2 Å². The van der Waals surface area contributed by atoms with Crippen molar-refractivity contribution in [1.82, 2.24) is 0 Å². The van der Waals surface area contributed by atoms with E-state index >= 15 is 0 Å². The number of rotatable bonds is 0. The zero-order valence-corrected chi connectivity index (χ0v) is 11.9. The summed E-state index contributed by atoms with van der Waals surface area (Å²) in [5.74, 6) is 0.0644. The zero-order valence-electron chi connectivity index (χ0n) is 9.55. The number of hydrogen-bond acceptors (Lipinski definition) is 3. The molecule has 0 saturated carbocycles. The van der Waals surface area contributed by atoms with E-state index in [2.05, 4.69) is 5.32 Å². The fraction of sp³-hybridized carbons (Fsp3) is 0.0833. The molecule has 2 aromatic rings.